The molecule has 4 nitrogen and oxygen atoms in total. The maximum absolute atomic E-state index is 11.1. The number of hydrogen-bond acceptors (Lipinski definition) is 4. The topological polar surface area (TPSA) is 58.9 Å². The molecule has 0 bridgehead atoms. The summed E-state index contributed by atoms with van der Waals surface area (Å²) in [6.45, 7) is 0. The van der Waals surface area contributed by atoms with Crippen molar-refractivity contribution in [3.63, 3.8) is 0 Å². The van der Waals surface area contributed by atoms with Gasteiger partial charge in [-0.15, -0.1) is 0 Å². The second-order valence-electron chi connectivity index (χ2n) is 6.80. The number of aromatic hydroxyl groups is 2. The number of para-hydroxylation sites is 4. The molecule has 0 amide bonds. The zero-order valence-corrected chi connectivity index (χ0v) is 16.8. The molecule has 150 valence electrons. The Labute approximate surface area is 175 Å². The Morgan fingerprint density at radius 3 is 1.10 bits per heavy atom. The van der Waals surface area contributed by atoms with E-state index < -0.39 is 0 Å². The molecule has 0 aliphatic rings. The van der Waals surface area contributed by atoms with Crippen molar-refractivity contribution in [1.29, 1.82) is 0 Å². The molecule has 0 saturated heterocycles. The van der Waals surface area contributed by atoms with Gasteiger partial charge < -0.3 is 19.7 Å². The molecule has 4 rings (SSSR count). The predicted octanol–water partition coefficient (Wildman–Crippen LogP) is 6.12. The van der Waals surface area contributed by atoms with Crippen molar-refractivity contribution in [3.8, 4) is 56.4 Å². The molecule has 0 spiro atoms. The Morgan fingerprint density at radius 2 is 0.733 bits per heavy atom. The Morgan fingerprint density at radius 1 is 0.433 bits per heavy atom. The highest BCUT2D eigenvalue weighted by Crippen LogP contribution is 2.46. The molecule has 0 radical (unpaired) electrons. The van der Waals surface area contributed by atoms with Crippen LogP contribution in [-0.2, 0) is 0 Å². The van der Waals surface area contributed by atoms with Crippen molar-refractivity contribution in [2.75, 3.05) is 14.2 Å². The van der Waals surface area contributed by atoms with E-state index >= 15 is 0 Å². The van der Waals surface area contributed by atoms with Gasteiger partial charge in [0.2, 0.25) is 0 Å². The zero-order chi connectivity index (χ0) is 21.1. The van der Waals surface area contributed by atoms with Gasteiger partial charge in [-0.3, -0.25) is 0 Å². The minimum atomic E-state index is 0.0782. The normalized spacial score (nSPS) is 10.6. The van der Waals surface area contributed by atoms with Crippen molar-refractivity contribution in [1.82, 2.24) is 0 Å². The Bertz CT molecular complexity index is 1100. The summed E-state index contributed by atoms with van der Waals surface area (Å²) in [6.07, 6.45) is 0. The minimum absolute atomic E-state index is 0.0782. The van der Waals surface area contributed by atoms with Crippen LogP contribution in [0, 0.1) is 0 Å². The van der Waals surface area contributed by atoms with Crippen molar-refractivity contribution in [2.24, 2.45) is 0 Å². The molecule has 0 unspecified atom stereocenters. The smallest absolute Gasteiger partial charge is 0.131 e. The SMILES string of the molecule is COc1ccccc1-c1cccc(-c2cccc(-c3ccccc3OC)c2O)c1O. The van der Waals surface area contributed by atoms with Crippen LogP contribution in [0.15, 0.2) is 84.9 Å². The average Bonchev–Trinajstić information content (AvgIpc) is 2.79. The molecule has 0 atom stereocenters. The van der Waals surface area contributed by atoms with Crippen LogP contribution in [-0.4, -0.2) is 24.4 Å². The van der Waals surface area contributed by atoms with Gasteiger partial charge in [-0.2, -0.15) is 0 Å². The molecule has 0 fully saturated rings. The fourth-order valence-electron chi connectivity index (χ4n) is 3.69. The standard InChI is InChI=1S/C26H22O4/c1-29-23-15-5-3-9-17(23)19-11-7-13-21(25(19)27)22-14-8-12-20(26(22)28)18-10-4-6-16-24(18)30-2/h3-16,27-28H,1-2H3. The maximum Gasteiger partial charge on any atom is 0.131 e. The van der Waals surface area contributed by atoms with Gasteiger partial charge in [0.05, 0.1) is 14.2 Å². The molecular weight excluding hydrogens is 376 g/mol. The molecule has 4 aromatic rings. The molecule has 4 heteroatoms. The molecular formula is C26H22O4. The summed E-state index contributed by atoms with van der Waals surface area (Å²) in [7, 11) is 3.20. The second-order valence-corrected chi connectivity index (χ2v) is 6.80. The van der Waals surface area contributed by atoms with Crippen molar-refractivity contribution in [2.45, 2.75) is 0 Å². The van der Waals surface area contributed by atoms with Gasteiger partial charge in [0, 0.05) is 33.4 Å². The maximum atomic E-state index is 11.1. The van der Waals surface area contributed by atoms with Gasteiger partial charge in [0.15, 0.2) is 0 Å². The quantitative estimate of drug-likeness (QED) is 0.425. The first kappa shape index (κ1) is 19.4. The van der Waals surface area contributed by atoms with E-state index in [1.807, 2.05) is 72.8 Å². The summed E-state index contributed by atoms with van der Waals surface area (Å²) < 4.78 is 10.9. The highest BCUT2D eigenvalue weighted by molar-refractivity contribution is 5.90. The third kappa shape index (κ3) is 3.33. The van der Waals surface area contributed by atoms with Gasteiger partial charge in [-0.05, 0) is 12.1 Å². The van der Waals surface area contributed by atoms with Crippen molar-refractivity contribution in [3.05, 3.63) is 84.9 Å². The number of phenols is 2. The highest BCUT2D eigenvalue weighted by Gasteiger charge is 2.19. The molecule has 0 heterocycles. The number of ether oxygens (including phenoxy) is 2. The molecule has 0 aromatic heterocycles. The van der Waals surface area contributed by atoms with E-state index in [9.17, 15) is 10.2 Å². The highest BCUT2D eigenvalue weighted by atomic mass is 16.5. The summed E-state index contributed by atoms with van der Waals surface area (Å²) in [4.78, 5) is 0. The van der Waals surface area contributed by atoms with Crippen LogP contribution in [0.4, 0.5) is 0 Å². The van der Waals surface area contributed by atoms with Gasteiger partial charge >= 0.3 is 0 Å². The van der Waals surface area contributed by atoms with Crippen LogP contribution in [0.2, 0.25) is 0 Å². The molecule has 0 saturated carbocycles. The fraction of sp³-hybridized carbons (Fsp3) is 0.0769. The zero-order valence-electron chi connectivity index (χ0n) is 16.8. The second kappa shape index (κ2) is 8.21. The molecule has 0 aliphatic carbocycles. The first-order valence-corrected chi connectivity index (χ1v) is 9.56. The van der Waals surface area contributed by atoms with Gasteiger partial charge in [0.1, 0.15) is 23.0 Å². The molecule has 2 N–H and O–H groups in total. The summed E-state index contributed by atoms with van der Waals surface area (Å²) in [6, 6.07) is 26.0. The van der Waals surface area contributed by atoms with E-state index in [0.29, 0.717) is 33.8 Å². The number of methoxy groups -OCH3 is 2. The van der Waals surface area contributed by atoms with Gasteiger partial charge in [-0.1, -0.05) is 72.8 Å². The molecule has 0 aliphatic heterocycles. The van der Waals surface area contributed by atoms with E-state index in [4.69, 9.17) is 9.47 Å². The van der Waals surface area contributed by atoms with Crippen LogP contribution in [0.5, 0.6) is 23.0 Å². The lowest BCUT2D eigenvalue weighted by atomic mass is 9.93. The van der Waals surface area contributed by atoms with Crippen LogP contribution < -0.4 is 9.47 Å². The first-order valence-electron chi connectivity index (χ1n) is 9.56. The van der Waals surface area contributed by atoms with E-state index in [1.54, 1.807) is 26.4 Å². The summed E-state index contributed by atoms with van der Waals surface area (Å²) >= 11 is 0. The number of rotatable bonds is 5. The van der Waals surface area contributed by atoms with Crippen LogP contribution in [0.3, 0.4) is 0 Å². The molecule has 4 aromatic carbocycles. The fourth-order valence-corrected chi connectivity index (χ4v) is 3.69. The minimum Gasteiger partial charge on any atom is -0.507 e. The van der Waals surface area contributed by atoms with E-state index in [0.717, 1.165) is 11.1 Å². The average molecular weight is 398 g/mol. The van der Waals surface area contributed by atoms with Gasteiger partial charge in [0.25, 0.3) is 0 Å². The number of benzene rings is 4. The Balaban J connectivity index is 1.89. The largest absolute Gasteiger partial charge is 0.507 e. The summed E-state index contributed by atoms with van der Waals surface area (Å²) in [5, 5.41) is 22.2. The number of hydrogen-bond donors (Lipinski definition) is 2. The summed E-state index contributed by atoms with van der Waals surface area (Å²) in [5.74, 6) is 1.48. The monoisotopic (exact) mass is 398 g/mol. The lowest BCUT2D eigenvalue weighted by molar-refractivity contribution is 0.415. The predicted molar refractivity (Wildman–Crippen MR) is 119 cm³/mol. The number of phenolic OH excluding ortho intramolecular Hbond substituents is 2. The van der Waals surface area contributed by atoms with E-state index in [-0.39, 0.29) is 11.5 Å². The molecule has 30 heavy (non-hydrogen) atoms. The van der Waals surface area contributed by atoms with Crippen LogP contribution >= 0.6 is 0 Å². The van der Waals surface area contributed by atoms with Crippen molar-refractivity contribution >= 4 is 0 Å². The Kier molecular flexibility index (Phi) is 5.31. The van der Waals surface area contributed by atoms with Crippen molar-refractivity contribution < 1.29 is 19.7 Å². The van der Waals surface area contributed by atoms with Crippen LogP contribution in [0.1, 0.15) is 0 Å². The Hall–Kier alpha value is -3.92. The third-order valence-electron chi connectivity index (χ3n) is 5.16. The lowest BCUT2D eigenvalue weighted by Crippen LogP contribution is -1.91. The van der Waals surface area contributed by atoms with E-state index in [1.165, 1.54) is 0 Å². The van der Waals surface area contributed by atoms with E-state index in [2.05, 4.69) is 0 Å². The lowest BCUT2D eigenvalue weighted by Gasteiger charge is -2.16. The third-order valence-corrected chi connectivity index (χ3v) is 5.16. The van der Waals surface area contributed by atoms with Gasteiger partial charge in [-0.25, -0.2) is 0 Å². The summed E-state index contributed by atoms with van der Waals surface area (Å²) in [5.41, 5.74) is 3.89. The first-order chi connectivity index (χ1) is 14.7. The van der Waals surface area contributed by atoms with Crippen LogP contribution in [0.25, 0.3) is 33.4 Å².